The van der Waals surface area contributed by atoms with Crippen LogP contribution in [-0.2, 0) is 0 Å². The summed E-state index contributed by atoms with van der Waals surface area (Å²) in [6.07, 6.45) is 1.60. The highest BCUT2D eigenvalue weighted by Gasteiger charge is 2.11. The lowest BCUT2D eigenvalue weighted by Crippen LogP contribution is -2.13. The summed E-state index contributed by atoms with van der Waals surface area (Å²) < 4.78 is 0. The third-order valence-electron chi connectivity index (χ3n) is 2.18. The Morgan fingerprint density at radius 2 is 2.19 bits per heavy atom. The predicted octanol–water partition coefficient (Wildman–Crippen LogP) is 2.62. The van der Waals surface area contributed by atoms with E-state index >= 15 is 0 Å². The monoisotopic (exact) mass is 235 g/mol. The summed E-state index contributed by atoms with van der Waals surface area (Å²) in [6.45, 7) is 1.81. The van der Waals surface area contributed by atoms with Crippen molar-refractivity contribution in [2.45, 2.75) is 6.92 Å². The number of H-pyrrole nitrogens is 1. The number of nitrogens with one attached hydrogen (secondary N) is 2. The minimum atomic E-state index is -0.247. The molecule has 0 atom stereocenters. The summed E-state index contributed by atoms with van der Waals surface area (Å²) in [4.78, 5) is 11.8. The fourth-order valence-electron chi connectivity index (χ4n) is 1.32. The Labute approximate surface area is 97.6 Å². The average molecular weight is 236 g/mol. The van der Waals surface area contributed by atoms with Crippen LogP contribution in [0.1, 0.15) is 16.1 Å². The lowest BCUT2D eigenvalue weighted by molar-refractivity contribution is 0.102. The van der Waals surface area contributed by atoms with E-state index in [0.29, 0.717) is 16.4 Å². The molecular weight excluding hydrogens is 226 g/mol. The van der Waals surface area contributed by atoms with E-state index < -0.39 is 0 Å². The van der Waals surface area contributed by atoms with Crippen LogP contribution in [0, 0.1) is 6.92 Å². The second-order valence-corrected chi connectivity index (χ2v) is 3.77. The number of amides is 1. The van der Waals surface area contributed by atoms with Gasteiger partial charge in [-0.05, 0) is 24.6 Å². The molecule has 0 aliphatic carbocycles. The summed E-state index contributed by atoms with van der Waals surface area (Å²) in [7, 11) is 0. The minimum absolute atomic E-state index is 0.247. The van der Waals surface area contributed by atoms with Crippen molar-refractivity contribution in [1.29, 1.82) is 0 Å². The lowest BCUT2D eigenvalue weighted by Gasteiger charge is -2.05. The van der Waals surface area contributed by atoms with Crippen LogP contribution in [0.3, 0.4) is 0 Å². The molecule has 2 N–H and O–H groups in total. The smallest absolute Gasteiger partial charge is 0.273 e. The van der Waals surface area contributed by atoms with E-state index in [1.807, 2.05) is 6.92 Å². The topological polar surface area (TPSA) is 57.8 Å². The van der Waals surface area contributed by atoms with Crippen LogP contribution in [0.5, 0.6) is 0 Å². The zero-order valence-corrected chi connectivity index (χ0v) is 9.38. The Morgan fingerprint density at radius 3 is 2.81 bits per heavy atom. The van der Waals surface area contributed by atoms with Crippen molar-refractivity contribution in [2.75, 3.05) is 5.32 Å². The number of carbonyl (C=O) groups excluding carboxylic acids is 1. The molecular formula is C11H10ClN3O. The second kappa shape index (κ2) is 4.37. The van der Waals surface area contributed by atoms with Gasteiger partial charge in [0, 0.05) is 0 Å². The van der Waals surface area contributed by atoms with Crippen molar-refractivity contribution in [2.24, 2.45) is 0 Å². The summed E-state index contributed by atoms with van der Waals surface area (Å²) >= 11 is 5.93. The number of anilines is 1. The fraction of sp³-hybridized carbons (Fsp3) is 0.0909. The predicted molar refractivity (Wildman–Crippen MR) is 62.7 cm³/mol. The standard InChI is InChI=1S/C11H10ClN3O/c1-7-6-13-15-10(7)11(16)14-9-5-3-2-4-8(9)12/h2-6H,1H3,(H,13,15)(H,14,16). The molecule has 0 spiro atoms. The van der Waals surface area contributed by atoms with Crippen molar-refractivity contribution >= 4 is 23.2 Å². The maximum Gasteiger partial charge on any atom is 0.273 e. The van der Waals surface area contributed by atoms with Crippen LogP contribution in [0.25, 0.3) is 0 Å². The summed E-state index contributed by atoms with van der Waals surface area (Å²) in [6, 6.07) is 7.07. The minimum Gasteiger partial charge on any atom is -0.319 e. The number of aromatic nitrogens is 2. The molecule has 0 fully saturated rings. The van der Waals surface area contributed by atoms with Crippen molar-refractivity contribution < 1.29 is 4.79 Å². The molecule has 1 aromatic carbocycles. The Balaban J connectivity index is 2.21. The van der Waals surface area contributed by atoms with Crippen LogP contribution in [0.15, 0.2) is 30.5 Å². The lowest BCUT2D eigenvalue weighted by atomic mass is 10.2. The molecule has 2 aromatic rings. The van der Waals surface area contributed by atoms with Gasteiger partial charge in [0.2, 0.25) is 0 Å². The number of carbonyl (C=O) groups is 1. The molecule has 82 valence electrons. The Bertz CT molecular complexity index is 521. The van der Waals surface area contributed by atoms with Crippen LogP contribution in [0.4, 0.5) is 5.69 Å². The van der Waals surface area contributed by atoms with Gasteiger partial charge in [0.15, 0.2) is 0 Å². The number of nitrogens with zero attached hydrogens (tertiary/aromatic N) is 1. The largest absolute Gasteiger partial charge is 0.319 e. The van der Waals surface area contributed by atoms with Gasteiger partial charge in [0.1, 0.15) is 5.69 Å². The van der Waals surface area contributed by atoms with Crippen LogP contribution in [0.2, 0.25) is 5.02 Å². The van der Waals surface area contributed by atoms with Gasteiger partial charge < -0.3 is 5.32 Å². The maximum atomic E-state index is 11.8. The van der Waals surface area contributed by atoms with Crippen molar-refractivity contribution in [3.63, 3.8) is 0 Å². The molecule has 0 saturated heterocycles. The van der Waals surface area contributed by atoms with Gasteiger partial charge in [-0.2, -0.15) is 5.10 Å². The summed E-state index contributed by atoms with van der Waals surface area (Å²) in [5, 5.41) is 9.65. The van der Waals surface area contributed by atoms with Gasteiger partial charge in [0.25, 0.3) is 5.91 Å². The summed E-state index contributed by atoms with van der Waals surface area (Å²) in [5.41, 5.74) is 1.83. The molecule has 4 nitrogen and oxygen atoms in total. The quantitative estimate of drug-likeness (QED) is 0.841. The molecule has 2 rings (SSSR count). The number of hydrogen-bond acceptors (Lipinski definition) is 2. The molecule has 16 heavy (non-hydrogen) atoms. The van der Waals surface area contributed by atoms with Crippen molar-refractivity contribution in [1.82, 2.24) is 10.2 Å². The highest BCUT2D eigenvalue weighted by molar-refractivity contribution is 6.33. The molecule has 1 aromatic heterocycles. The Morgan fingerprint density at radius 1 is 1.44 bits per heavy atom. The van der Waals surface area contributed by atoms with Gasteiger partial charge >= 0.3 is 0 Å². The Hall–Kier alpha value is -1.81. The van der Waals surface area contributed by atoms with E-state index in [1.165, 1.54) is 0 Å². The highest BCUT2D eigenvalue weighted by Crippen LogP contribution is 2.21. The SMILES string of the molecule is Cc1cn[nH]c1C(=O)Nc1ccccc1Cl. The third-order valence-corrected chi connectivity index (χ3v) is 2.51. The molecule has 1 amide bonds. The van der Waals surface area contributed by atoms with Gasteiger partial charge in [-0.15, -0.1) is 0 Å². The zero-order chi connectivity index (χ0) is 11.5. The van der Waals surface area contributed by atoms with Crippen molar-refractivity contribution in [3.8, 4) is 0 Å². The van der Waals surface area contributed by atoms with E-state index in [9.17, 15) is 4.79 Å². The average Bonchev–Trinajstić information content (AvgIpc) is 2.68. The van der Waals surface area contributed by atoms with Crippen LogP contribution >= 0.6 is 11.6 Å². The maximum absolute atomic E-state index is 11.8. The van der Waals surface area contributed by atoms with E-state index in [2.05, 4.69) is 15.5 Å². The van der Waals surface area contributed by atoms with Crippen molar-refractivity contribution in [3.05, 3.63) is 46.7 Å². The second-order valence-electron chi connectivity index (χ2n) is 3.36. The van der Waals surface area contributed by atoms with Gasteiger partial charge in [-0.1, -0.05) is 23.7 Å². The van der Waals surface area contributed by atoms with E-state index in [-0.39, 0.29) is 5.91 Å². The number of hydrogen-bond donors (Lipinski definition) is 2. The van der Waals surface area contributed by atoms with Crippen LogP contribution < -0.4 is 5.32 Å². The number of para-hydroxylation sites is 1. The summed E-state index contributed by atoms with van der Waals surface area (Å²) in [5.74, 6) is -0.247. The van der Waals surface area contributed by atoms with E-state index in [0.717, 1.165) is 5.56 Å². The molecule has 0 saturated carbocycles. The van der Waals surface area contributed by atoms with Crippen LogP contribution in [-0.4, -0.2) is 16.1 Å². The molecule has 5 heteroatoms. The first-order valence-electron chi connectivity index (χ1n) is 4.74. The number of aryl methyl sites for hydroxylation is 1. The number of aromatic amines is 1. The number of rotatable bonds is 2. The molecule has 0 radical (unpaired) electrons. The first-order valence-corrected chi connectivity index (χ1v) is 5.12. The number of halogens is 1. The first kappa shape index (κ1) is 10.7. The number of benzene rings is 1. The van der Waals surface area contributed by atoms with Gasteiger partial charge in [-0.25, -0.2) is 0 Å². The molecule has 0 aliphatic heterocycles. The molecule has 1 heterocycles. The molecule has 0 bridgehead atoms. The molecule has 0 unspecified atom stereocenters. The van der Waals surface area contributed by atoms with Gasteiger partial charge in [-0.3, -0.25) is 9.89 Å². The van der Waals surface area contributed by atoms with E-state index in [4.69, 9.17) is 11.6 Å². The Kier molecular flexibility index (Phi) is 2.92. The first-order chi connectivity index (χ1) is 7.68. The zero-order valence-electron chi connectivity index (χ0n) is 8.62. The highest BCUT2D eigenvalue weighted by atomic mass is 35.5. The molecule has 0 aliphatic rings. The van der Waals surface area contributed by atoms with E-state index in [1.54, 1.807) is 30.5 Å². The fourth-order valence-corrected chi connectivity index (χ4v) is 1.51. The normalized spacial score (nSPS) is 10.1. The third kappa shape index (κ3) is 2.06. The van der Waals surface area contributed by atoms with Gasteiger partial charge in [0.05, 0.1) is 16.9 Å².